The minimum absolute atomic E-state index is 0.0217. The second-order valence-corrected chi connectivity index (χ2v) is 5.70. The van der Waals surface area contributed by atoms with Crippen LogP contribution in [0.1, 0.15) is 19.8 Å². The number of carbonyl (C=O) groups excluding carboxylic acids is 1. The first-order valence-electron chi connectivity index (χ1n) is 7.76. The second-order valence-electron chi connectivity index (χ2n) is 5.70. The summed E-state index contributed by atoms with van der Waals surface area (Å²) in [5.41, 5.74) is 0.0217. The number of hydrogen-bond donors (Lipinski definition) is 2. The van der Waals surface area contributed by atoms with E-state index in [1.54, 1.807) is 0 Å². The van der Waals surface area contributed by atoms with E-state index >= 15 is 0 Å². The molecule has 0 radical (unpaired) electrons. The van der Waals surface area contributed by atoms with Crippen molar-refractivity contribution in [2.75, 3.05) is 38.0 Å². The van der Waals surface area contributed by atoms with E-state index in [-0.39, 0.29) is 18.1 Å². The third kappa shape index (κ3) is 5.03. The molecule has 2 rings (SSSR count). The molecule has 0 spiro atoms. The largest absolute Gasteiger partial charge is 0.322 e. The first kappa shape index (κ1) is 16.8. The quantitative estimate of drug-likeness (QED) is 0.847. The summed E-state index contributed by atoms with van der Waals surface area (Å²) in [6.07, 6.45) is 2.12. The van der Waals surface area contributed by atoms with Crippen LogP contribution in [0.5, 0.6) is 0 Å². The molecular weight excluding hydrogens is 288 g/mol. The van der Waals surface area contributed by atoms with Gasteiger partial charge in [-0.2, -0.15) is 0 Å². The molecule has 22 heavy (non-hydrogen) atoms. The van der Waals surface area contributed by atoms with Crippen LogP contribution in [0.3, 0.4) is 0 Å². The molecule has 4 nitrogen and oxygen atoms in total. The average Bonchev–Trinajstić information content (AvgIpc) is 2.49. The first-order valence-corrected chi connectivity index (χ1v) is 7.76. The van der Waals surface area contributed by atoms with Gasteiger partial charge in [0.2, 0.25) is 5.91 Å². The summed E-state index contributed by atoms with van der Waals surface area (Å²) in [6.45, 7) is 6.08. The summed E-state index contributed by atoms with van der Waals surface area (Å²) in [5.74, 6) is -1.01. The van der Waals surface area contributed by atoms with Crippen LogP contribution in [0.2, 0.25) is 0 Å². The van der Waals surface area contributed by atoms with Crippen LogP contribution < -0.4 is 10.6 Å². The predicted molar refractivity (Wildman–Crippen MR) is 82.7 cm³/mol. The molecular formula is C16H23F2N3O. The zero-order valence-electron chi connectivity index (χ0n) is 12.9. The van der Waals surface area contributed by atoms with Crippen molar-refractivity contribution in [3.8, 4) is 0 Å². The van der Waals surface area contributed by atoms with Crippen molar-refractivity contribution < 1.29 is 13.6 Å². The Hall–Kier alpha value is -1.53. The maximum Gasteiger partial charge on any atom is 0.238 e. The monoisotopic (exact) mass is 311 g/mol. The fraction of sp³-hybridized carbons (Fsp3) is 0.562. The number of nitrogens with zero attached hydrogens (tertiary/aromatic N) is 1. The van der Waals surface area contributed by atoms with Crippen LogP contribution in [0.25, 0.3) is 0 Å². The molecule has 1 aromatic carbocycles. The van der Waals surface area contributed by atoms with E-state index in [2.05, 4.69) is 22.5 Å². The molecule has 1 aliphatic rings. The number of piperidine rings is 1. The van der Waals surface area contributed by atoms with Gasteiger partial charge in [0.25, 0.3) is 0 Å². The number of likely N-dealkylation sites (tertiary alicyclic amines) is 1. The molecule has 0 aliphatic carbocycles. The molecule has 0 atom stereocenters. The maximum absolute atomic E-state index is 13.5. The van der Waals surface area contributed by atoms with Crippen molar-refractivity contribution in [3.63, 3.8) is 0 Å². The highest BCUT2D eigenvalue weighted by molar-refractivity contribution is 5.92. The van der Waals surface area contributed by atoms with E-state index in [1.165, 1.54) is 6.07 Å². The Kier molecular flexibility index (Phi) is 6.27. The van der Waals surface area contributed by atoms with Gasteiger partial charge in [-0.1, -0.05) is 6.92 Å². The van der Waals surface area contributed by atoms with E-state index in [9.17, 15) is 13.6 Å². The van der Waals surface area contributed by atoms with Crippen molar-refractivity contribution in [1.29, 1.82) is 0 Å². The van der Waals surface area contributed by atoms with Gasteiger partial charge < -0.3 is 10.6 Å². The highest BCUT2D eigenvalue weighted by Gasteiger charge is 2.20. The highest BCUT2D eigenvalue weighted by atomic mass is 19.1. The number of nitrogens with one attached hydrogen (secondary N) is 2. The van der Waals surface area contributed by atoms with Crippen LogP contribution in [0, 0.1) is 17.6 Å². The van der Waals surface area contributed by atoms with Gasteiger partial charge in [0, 0.05) is 6.07 Å². The van der Waals surface area contributed by atoms with E-state index in [0.717, 1.165) is 51.2 Å². The smallest absolute Gasteiger partial charge is 0.238 e. The lowest BCUT2D eigenvalue weighted by Gasteiger charge is -2.31. The van der Waals surface area contributed by atoms with E-state index in [0.29, 0.717) is 5.92 Å². The van der Waals surface area contributed by atoms with E-state index < -0.39 is 11.6 Å². The third-order valence-corrected chi connectivity index (χ3v) is 3.96. The fourth-order valence-electron chi connectivity index (χ4n) is 2.68. The Bertz CT molecular complexity index is 502. The maximum atomic E-state index is 13.5. The predicted octanol–water partition coefficient (Wildman–Crippen LogP) is 2.22. The van der Waals surface area contributed by atoms with E-state index in [4.69, 9.17) is 0 Å². The summed E-state index contributed by atoms with van der Waals surface area (Å²) in [7, 11) is 0. The standard InChI is InChI=1S/C16H23F2N3O/c1-2-19-10-12-5-7-21(8-6-12)11-16(22)20-15-4-3-13(17)9-14(15)18/h3-4,9,12,19H,2,5-8,10-11H2,1H3,(H,20,22). The highest BCUT2D eigenvalue weighted by Crippen LogP contribution is 2.17. The van der Waals surface area contributed by atoms with E-state index in [1.807, 2.05) is 0 Å². The van der Waals surface area contributed by atoms with Crippen LogP contribution in [0.4, 0.5) is 14.5 Å². The zero-order chi connectivity index (χ0) is 15.9. The van der Waals surface area contributed by atoms with Gasteiger partial charge in [0.05, 0.1) is 12.2 Å². The Morgan fingerprint density at radius 2 is 2.05 bits per heavy atom. The van der Waals surface area contributed by atoms with Crippen molar-refractivity contribution in [2.24, 2.45) is 5.92 Å². The van der Waals surface area contributed by atoms with Crippen molar-refractivity contribution in [2.45, 2.75) is 19.8 Å². The van der Waals surface area contributed by atoms with Crippen LogP contribution in [-0.4, -0.2) is 43.5 Å². The fourth-order valence-corrected chi connectivity index (χ4v) is 2.68. The molecule has 122 valence electrons. The molecule has 1 amide bonds. The minimum Gasteiger partial charge on any atom is -0.322 e. The van der Waals surface area contributed by atoms with Gasteiger partial charge in [0.1, 0.15) is 11.6 Å². The summed E-state index contributed by atoms with van der Waals surface area (Å²) in [6, 6.07) is 3.14. The first-order chi connectivity index (χ1) is 10.6. The molecule has 1 aliphatic heterocycles. The lowest BCUT2D eigenvalue weighted by Crippen LogP contribution is -2.41. The molecule has 0 aromatic heterocycles. The summed E-state index contributed by atoms with van der Waals surface area (Å²) in [5, 5.41) is 5.84. The molecule has 1 heterocycles. The topological polar surface area (TPSA) is 44.4 Å². The van der Waals surface area contributed by atoms with Crippen LogP contribution >= 0.6 is 0 Å². The molecule has 0 saturated carbocycles. The van der Waals surface area contributed by atoms with Gasteiger partial charge >= 0.3 is 0 Å². The van der Waals surface area contributed by atoms with Crippen molar-refractivity contribution in [1.82, 2.24) is 10.2 Å². The molecule has 0 unspecified atom stereocenters. The molecule has 1 fully saturated rings. The zero-order valence-corrected chi connectivity index (χ0v) is 12.9. The number of amides is 1. The van der Waals surface area contributed by atoms with Gasteiger partial charge in [-0.05, 0) is 57.1 Å². The number of anilines is 1. The number of halogens is 2. The average molecular weight is 311 g/mol. The number of benzene rings is 1. The molecule has 0 bridgehead atoms. The summed E-state index contributed by atoms with van der Waals surface area (Å²) < 4.78 is 26.3. The van der Waals surface area contributed by atoms with Crippen LogP contribution in [0.15, 0.2) is 18.2 Å². The Labute approximate surface area is 129 Å². The number of carbonyl (C=O) groups is 1. The lowest BCUT2D eigenvalue weighted by atomic mass is 9.97. The molecule has 2 N–H and O–H groups in total. The van der Waals surface area contributed by atoms with Gasteiger partial charge in [0.15, 0.2) is 0 Å². The number of rotatable bonds is 6. The van der Waals surface area contributed by atoms with Gasteiger partial charge in [-0.3, -0.25) is 9.69 Å². The molecule has 1 saturated heterocycles. The van der Waals surface area contributed by atoms with Gasteiger partial charge in [-0.25, -0.2) is 8.78 Å². The lowest BCUT2D eigenvalue weighted by molar-refractivity contribution is -0.117. The van der Waals surface area contributed by atoms with Crippen molar-refractivity contribution >= 4 is 11.6 Å². The number of hydrogen-bond acceptors (Lipinski definition) is 3. The Balaban J connectivity index is 1.76. The Morgan fingerprint density at radius 3 is 2.68 bits per heavy atom. The SMILES string of the molecule is CCNCC1CCN(CC(=O)Nc2ccc(F)cc2F)CC1. The molecule has 1 aromatic rings. The third-order valence-electron chi connectivity index (χ3n) is 3.96. The molecule has 6 heteroatoms. The second kappa shape index (κ2) is 8.19. The van der Waals surface area contributed by atoms with Crippen LogP contribution in [-0.2, 0) is 4.79 Å². The Morgan fingerprint density at radius 1 is 1.32 bits per heavy atom. The summed E-state index contributed by atoms with van der Waals surface area (Å²) in [4.78, 5) is 14.0. The summed E-state index contributed by atoms with van der Waals surface area (Å²) >= 11 is 0. The minimum atomic E-state index is -0.752. The van der Waals surface area contributed by atoms with Crippen molar-refractivity contribution in [3.05, 3.63) is 29.8 Å². The van der Waals surface area contributed by atoms with Gasteiger partial charge in [-0.15, -0.1) is 0 Å². The normalized spacial score (nSPS) is 16.7.